The molecule has 0 bridgehead atoms. The fourth-order valence-electron chi connectivity index (χ4n) is 8.72. The van der Waals surface area contributed by atoms with Gasteiger partial charge in [-0.15, -0.1) is 0 Å². The molecule has 12 aromatic rings. The van der Waals surface area contributed by atoms with Gasteiger partial charge in [-0.3, -0.25) is 0 Å². The zero-order valence-electron chi connectivity index (χ0n) is 27.9. The summed E-state index contributed by atoms with van der Waals surface area (Å²) in [5, 5.41) is 10.4. The summed E-state index contributed by atoms with van der Waals surface area (Å²) in [6, 6.07) is 60.5. The quantitative estimate of drug-likeness (QED) is 0.188. The van der Waals surface area contributed by atoms with Crippen molar-refractivity contribution in [2.75, 3.05) is 0 Å². The summed E-state index contributed by atoms with van der Waals surface area (Å²) in [6.07, 6.45) is 0. The number of nitrogens with zero attached hydrogens (tertiary/aromatic N) is 2. The summed E-state index contributed by atoms with van der Waals surface area (Å²) in [7, 11) is 0. The molecule has 8 aromatic carbocycles. The van der Waals surface area contributed by atoms with Crippen molar-refractivity contribution in [2.45, 2.75) is 0 Å². The summed E-state index contributed by atoms with van der Waals surface area (Å²) < 4.78 is 18.1. The smallest absolute Gasteiger partial charge is 0.136 e. The van der Waals surface area contributed by atoms with Crippen LogP contribution in [0, 0.1) is 0 Å². The van der Waals surface area contributed by atoms with Gasteiger partial charge in [0, 0.05) is 54.6 Å². The summed E-state index contributed by atoms with van der Waals surface area (Å²) in [6.45, 7) is 0. The molecular formula is C48H28N2O2. The molecule has 4 aromatic heterocycles. The number of hydrogen-bond donors (Lipinski definition) is 0. The van der Waals surface area contributed by atoms with Crippen molar-refractivity contribution < 1.29 is 8.83 Å². The lowest BCUT2D eigenvalue weighted by Gasteiger charge is -2.11. The van der Waals surface area contributed by atoms with E-state index in [1.54, 1.807) is 0 Å². The molecule has 0 aliphatic rings. The van der Waals surface area contributed by atoms with Gasteiger partial charge in [0.15, 0.2) is 0 Å². The van der Waals surface area contributed by atoms with E-state index in [1.807, 2.05) is 12.1 Å². The Kier molecular flexibility index (Phi) is 5.47. The molecule has 0 radical (unpaired) electrons. The monoisotopic (exact) mass is 664 g/mol. The Morgan fingerprint density at radius 3 is 1.90 bits per heavy atom. The molecule has 4 heterocycles. The van der Waals surface area contributed by atoms with Gasteiger partial charge in [-0.1, -0.05) is 103 Å². The van der Waals surface area contributed by atoms with Crippen LogP contribution in [0.25, 0.3) is 110 Å². The molecule has 242 valence electrons. The summed E-state index contributed by atoms with van der Waals surface area (Å²) in [5.74, 6) is 0.836. The molecule has 12 rings (SSSR count). The molecule has 0 N–H and O–H groups in total. The van der Waals surface area contributed by atoms with Crippen LogP contribution in [-0.4, -0.2) is 9.13 Å². The first kappa shape index (κ1) is 27.7. The van der Waals surface area contributed by atoms with E-state index in [4.69, 9.17) is 8.83 Å². The number of aromatic nitrogens is 2. The van der Waals surface area contributed by atoms with Crippen LogP contribution in [0.3, 0.4) is 0 Å². The highest BCUT2D eigenvalue weighted by Crippen LogP contribution is 2.46. The molecular weight excluding hydrogens is 637 g/mol. The molecule has 0 saturated heterocycles. The van der Waals surface area contributed by atoms with E-state index in [0.29, 0.717) is 0 Å². The Morgan fingerprint density at radius 2 is 1.06 bits per heavy atom. The standard InChI is InChI=1S/C48H28N2O2/c1-2-14-31(15-3-1)49-39-20-10-8-18-36(39)45-40(49)24-23-35-34-17-7-9-19-38(34)50(48(35)45)32-22-25-42-37(28-32)47-43(52-42)26-29-12-4-6-16-33(29)46(47)44-27-30-13-5-11-21-41(30)51-44/h1-28H. The number of furan rings is 2. The van der Waals surface area contributed by atoms with Crippen LogP contribution in [0.15, 0.2) is 179 Å². The third-order valence-electron chi connectivity index (χ3n) is 10.9. The first-order valence-corrected chi connectivity index (χ1v) is 17.7. The van der Waals surface area contributed by atoms with Gasteiger partial charge in [-0.25, -0.2) is 0 Å². The Labute approximate surface area is 296 Å². The number of para-hydroxylation sites is 4. The van der Waals surface area contributed by atoms with E-state index in [0.717, 1.165) is 71.9 Å². The molecule has 4 heteroatoms. The van der Waals surface area contributed by atoms with Crippen LogP contribution in [-0.2, 0) is 0 Å². The summed E-state index contributed by atoms with van der Waals surface area (Å²) >= 11 is 0. The largest absolute Gasteiger partial charge is 0.456 e. The van der Waals surface area contributed by atoms with E-state index in [-0.39, 0.29) is 0 Å². The lowest BCUT2D eigenvalue weighted by molar-refractivity contribution is 0.632. The predicted molar refractivity (Wildman–Crippen MR) is 215 cm³/mol. The van der Waals surface area contributed by atoms with Crippen molar-refractivity contribution in [3.8, 4) is 22.7 Å². The second-order valence-electron chi connectivity index (χ2n) is 13.7. The van der Waals surface area contributed by atoms with Gasteiger partial charge in [0.05, 0.1) is 22.1 Å². The average Bonchev–Trinajstić information content (AvgIpc) is 3.96. The van der Waals surface area contributed by atoms with E-state index in [2.05, 4.69) is 167 Å². The number of rotatable bonds is 3. The maximum Gasteiger partial charge on any atom is 0.136 e. The lowest BCUT2D eigenvalue weighted by Crippen LogP contribution is -1.95. The first-order valence-electron chi connectivity index (χ1n) is 17.7. The molecule has 0 atom stereocenters. The SMILES string of the molecule is c1ccc(-n2c3ccccc3c3c2ccc2c4ccccc4n(-c4ccc5oc6cc7ccccc7c(-c7cc8ccccc8o7)c6c5c4)c23)cc1. The second kappa shape index (κ2) is 10.3. The predicted octanol–water partition coefficient (Wildman–Crippen LogP) is 13.3. The highest BCUT2D eigenvalue weighted by Gasteiger charge is 2.23. The van der Waals surface area contributed by atoms with Gasteiger partial charge in [-0.05, 0) is 77.5 Å². The highest BCUT2D eigenvalue weighted by atomic mass is 16.3. The van der Waals surface area contributed by atoms with E-state index in [1.165, 1.54) is 38.1 Å². The van der Waals surface area contributed by atoms with E-state index < -0.39 is 0 Å². The molecule has 0 saturated carbocycles. The molecule has 0 unspecified atom stereocenters. The molecule has 0 amide bonds. The zero-order valence-corrected chi connectivity index (χ0v) is 27.9. The van der Waals surface area contributed by atoms with Crippen LogP contribution in [0.5, 0.6) is 0 Å². The topological polar surface area (TPSA) is 36.1 Å². The van der Waals surface area contributed by atoms with E-state index >= 15 is 0 Å². The molecule has 4 nitrogen and oxygen atoms in total. The van der Waals surface area contributed by atoms with Crippen molar-refractivity contribution in [1.82, 2.24) is 9.13 Å². The number of fused-ring (bicyclic) bond motifs is 12. The fourth-order valence-corrected chi connectivity index (χ4v) is 8.72. The zero-order chi connectivity index (χ0) is 33.9. The van der Waals surface area contributed by atoms with Crippen molar-refractivity contribution in [3.63, 3.8) is 0 Å². The Balaban J connectivity index is 1.22. The van der Waals surface area contributed by atoms with Crippen LogP contribution in [0.2, 0.25) is 0 Å². The van der Waals surface area contributed by atoms with E-state index in [9.17, 15) is 0 Å². The Bertz CT molecular complexity index is 3380. The summed E-state index contributed by atoms with van der Waals surface area (Å²) in [5.41, 5.74) is 10.6. The Hall–Kier alpha value is -7.04. The molecule has 0 aliphatic heterocycles. The van der Waals surface area contributed by atoms with Gasteiger partial charge in [-0.2, -0.15) is 0 Å². The van der Waals surface area contributed by atoms with Gasteiger partial charge in [0.1, 0.15) is 22.5 Å². The first-order chi connectivity index (χ1) is 25.8. The van der Waals surface area contributed by atoms with Crippen LogP contribution in [0.1, 0.15) is 0 Å². The molecule has 52 heavy (non-hydrogen) atoms. The van der Waals surface area contributed by atoms with Crippen LogP contribution < -0.4 is 0 Å². The van der Waals surface area contributed by atoms with Gasteiger partial charge in [0.2, 0.25) is 0 Å². The summed E-state index contributed by atoms with van der Waals surface area (Å²) in [4.78, 5) is 0. The van der Waals surface area contributed by atoms with Gasteiger partial charge < -0.3 is 18.0 Å². The highest BCUT2D eigenvalue weighted by molar-refractivity contribution is 6.26. The van der Waals surface area contributed by atoms with Crippen molar-refractivity contribution in [2.24, 2.45) is 0 Å². The third-order valence-corrected chi connectivity index (χ3v) is 10.9. The normalized spacial score (nSPS) is 12.2. The van der Waals surface area contributed by atoms with Gasteiger partial charge >= 0.3 is 0 Å². The minimum atomic E-state index is 0.836. The minimum Gasteiger partial charge on any atom is -0.456 e. The van der Waals surface area contributed by atoms with Crippen molar-refractivity contribution >= 4 is 87.3 Å². The molecule has 0 aliphatic carbocycles. The third kappa shape index (κ3) is 3.70. The lowest BCUT2D eigenvalue weighted by atomic mass is 9.96. The minimum absolute atomic E-state index is 0.836. The number of hydrogen-bond acceptors (Lipinski definition) is 2. The second-order valence-corrected chi connectivity index (χ2v) is 13.7. The Morgan fingerprint density at radius 1 is 0.346 bits per heavy atom. The maximum absolute atomic E-state index is 6.67. The average molecular weight is 665 g/mol. The molecule has 0 spiro atoms. The fraction of sp³-hybridized carbons (Fsp3) is 0. The van der Waals surface area contributed by atoms with Crippen molar-refractivity contribution in [1.29, 1.82) is 0 Å². The van der Waals surface area contributed by atoms with Crippen LogP contribution >= 0.6 is 0 Å². The van der Waals surface area contributed by atoms with Gasteiger partial charge in [0.25, 0.3) is 0 Å². The van der Waals surface area contributed by atoms with Crippen molar-refractivity contribution in [3.05, 3.63) is 170 Å². The molecule has 0 fully saturated rings. The van der Waals surface area contributed by atoms with Crippen LogP contribution in [0.4, 0.5) is 0 Å². The maximum atomic E-state index is 6.67. The number of benzene rings is 8.